The second-order valence-corrected chi connectivity index (χ2v) is 4.05. The predicted molar refractivity (Wildman–Crippen MR) is 55.0 cm³/mol. The Kier molecular flexibility index (Phi) is 4.00. The molecule has 0 aromatic heterocycles. The minimum atomic E-state index is -0.628. The monoisotopic (exact) mass is 211 g/mol. The summed E-state index contributed by atoms with van der Waals surface area (Å²) in [7, 11) is 0. The Balaban J connectivity index is 2.57. The van der Waals surface area contributed by atoms with Gasteiger partial charge in [-0.1, -0.05) is 6.92 Å². The summed E-state index contributed by atoms with van der Waals surface area (Å²) in [4.78, 5) is 35.2. The van der Waals surface area contributed by atoms with Gasteiger partial charge in [-0.05, 0) is 25.2 Å². The van der Waals surface area contributed by atoms with Crippen LogP contribution in [0.5, 0.6) is 0 Å². The van der Waals surface area contributed by atoms with Crippen molar-refractivity contribution in [2.45, 2.75) is 39.5 Å². The Morgan fingerprint density at radius 3 is 2.27 bits per heavy atom. The summed E-state index contributed by atoms with van der Waals surface area (Å²) in [5, 5.41) is 0. The van der Waals surface area contributed by atoms with Crippen molar-refractivity contribution in [2.24, 2.45) is 5.92 Å². The van der Waals surface area contributed by atoms with Crippen LogP contribution < -0.4 is 0 Å². The van der Waals surface area contributed by atoms with Gasteiger partial charge in [-0.25, -0.2) is 0 Å². The fourth-order valence-corrected chi connectivity index (χ4v) is 1.40. The third-order valence-electron chi connectivity index (χ3n) is 2.48. The first-order valence-corrected chi connectivity index (χ1v) is 5.41. The molecule has 1 aliphatic rings. The number of imide groups is 1. The maximum absolute atomic E-state index is 11.6. The van der Waals surface area contributed by atoms with Gasteiger partial charge in [-0.2, -0.15) is 0 Å². The summed E-state index contributed by atoms with van der Waals surface area (Å²) in [6.07, 6.45) is 2.98. The Labute approximate surface area is 89.6 Å². The van der Waals surface area contributed by atoms with Crippen LogP contribution in [0.3, 0.4) is 0 Å². The zero-order valence-electron chi connectivity index (χ0n) is 9.28. The molecule has 4 nitrogen and oxygen atoms in total. The minimum Gasteiger partial charge on any atom is -0.289 e. The van der Waals surface area contributed by atoms with Crippen molar-refractivity contribution in [2.75, 3.05) is 6.54 Å². The summed E-state index contributed by atoms with van der Waals surface area (Å²) in [5.41, 5.74) is 0. The predicted octanol–water partition coefficient (Wildman–Crippen LogP) is 1.14. The van der Waals surface area contributed by atoms with Crippen LogP contribution in [0.1, 0.15) is 39.5 Å². The first-order valence-electron chi connectivity index (χ1n) is 5.41. The van der Waals surface area contributed by atoms with E-state index in [4.69, 9.17) is 0 Å². The molecule has 0 spiro atoms. The van der Waals surface area contributed by atoms with Crippen LogP contribution in [0.4, 0.5) is 0 Å². The molecule has 0 atom stereocenters. The Hall–Kier alpha value is -1.19. The van der Waals surface area contributed by atoms with Gasteiger partial charge in [0.05, 0.1) is 0 Å². The number of rotatable bonds is 5. The smallest absolute Gasteiger partial charge is 0.289 e. The Bertz CT molecular complexity index is 282. The molecule has 1 fully saturated rings. The van der Waals surface area contributed by atoms with E-state index in [-0.39, 0.29) is 12.3 Å². The van der Waals surface area contributed by atoms with E-state index >= 15 is 0 Å². The zero-order chi connectivity index (χ0) is 11.4. The number of amides is 2. The lowest BCUT2D eigenvalue weighted by Gasteiger charge is -2.17. The lowest BCUT2D eigenvalue weighted by molar-refractivity contribution is -0.151. The fourth-order valence-electron chi connectivity index (χ4n) is 1.40. The number of carbonyl (C=O) groups excluding carboxylic acids is 3. The molecule has 1 rings (SSSR count). The van der Waals surface area contributed by atoms with Crippen molar-refractivity contribution >= 4 is 17.6 Å². The van der Waals surface area contributed by atoms with E-state index in [0.29, 0.717) is 18.9 Å². The van der Waals surface area contributed by atoms with Crippen molar-refractivity contribution < 1.29 is 14.4 Å². The summed E-state index contributed by atoms with van der Waals surface area (Å²) in [5.74, 6) is -0.978. The van der Waals surface area contributed by atoms with E-state index < -0.39 is 11.7 Å². The van der Waals surface area contributed by atoms with Crippen molar-refractivity contribution in [3.63, 3.8) is 0 Å². The average molecular weight is 211 g/mol. The highest BCUT2D eigenvalue weighted by atomic mass is 16.2. The fraction of sp³-hybridized carbons (Fsp3) is 0.727. The molecule has 0 heterocycles. The molecule has 0 saturated heterocycles. The summed E-state index contributed by atoms with van der Waals surface area (Å²) < 4.78 is 0. The number of Topliss-reactive ketones (excluding diaryl/α,β-unsaturated/α-hetero) is 1. The topological polar surface area (TPSA) is 54.5 Å². The number of hydrogen-bond donors (Lipinski definition) is 0. The van der Waals surface area contributed by atoms with Gasteiger partial charge in [0, 0.05) is 19.9 Å². The molecule has 1 saturated carbocycles. The standard InChI is InChI=1S/C11H17NO3/c1-3-4-10(14)11(15)12(8(2)13)7-9-5-6-9/h9H,3-7H2,1-2H3. The van der Waals surface area contributed by atoms with E-state index in [1.807, 2.05) is 6.92 Å². The molecule has 0 aliphatic heterocycles. The molecule has 4 heteroatoms. The Morgan fingerprint density at radius 2 is 1.87 bits per heavy atom. The molecule has 15 heavy (non-hydrogen) atoms. The number of hydrogen-bond acceptors (Lipinski definition) is 3. The molecular formula is C11H17NO3. The Morgan fingerprint density at radius 1 is 1.27 bits per heavy atom. The summed E-state index contributed by atoms with van der Waals surface area (Å²) >= 11 is 0. The van der Waals surface area contributed by atoms with Gasteiger partial charge >= 0.3 is 0 Å². The van der Waals surface area contributed by atoms with Crippen LogP contribution in [0.25, 0.3) is 0 Å². The molecule has 0 aromatic carbocycles. The SMILES string of the molecule is CCCC(=O)C(=O)N(CC1CC1)C(C)=O. The lowest BCUT2D eigenvalue weighted by Crippen LogP contribution is -2.41. The molecule has 0 bridgehead atoms. The highest BCUT2D eigenvalue weighted by Crippen LogP contribution is 2.29. The summed E-state index contributed by atoms with van der Waals surface area (Å²) in [6.45, 7) is 3.59. The van der Waals surface area contributed by atoms with Crippen LogP contribution in [-0.2, 0) is 14.4 Å². The second kappa shape index (κ2) is 5.05. The van der Waals surface area contributed by atoms with Crippen LogP contribution in [0.15, 0.2) is 0 Å². The largest absolute Gasteiger partial charge is 0.296 e. The van der Waals surface area contributed by atoms with Gasteiger partial charge in [0.2, 0.25) is 11.7 Å². The normalized spacial score (nSPS) is 14.8. The lowest BCUT2D eigenvalue weighted by atomic mass is 10.2. The van der Waals surface area contributed by atoms with Gasteiger partial charge in [0.25, 0.3) is 5.91 Å². The molecule has 0 N–H and O–H groups in total. The quantitative estimate of drug-likeness (QED) is 0.641. The second-order valence-electron chi connectivity index (χ2n) is 4.05. The third kappa shape index (κ3) is 3.46. The van der Waals surface area contributed by atoms with E-state index in [1.165, 1.54) is 6.92 Å². The van der Waals surface area contributed by atoms with E-state index in [0.717, 1.165) is 17.7 Å². The molecule has 84 valence electrons. The van der Waals surface area contributed by atoms with Crippen LogP contribution in [0, 0.1) is 5.92 Å². The minimum absolute atomic E-state index is 0.229. The van der Waals surface area contributed by atoms with Crippen molar-refractivity contribution in [1.29, 1.82) is 0 Å². The van der Waals surface area contributed by atoms with Crippen LogP contribution in [0.2, 0.25) is 0 Å². The van der Waals surface area contributed by atoms with Gasteiger partial charge in [-0.3, -0.25) is 19.3 Å². The molecule has 1 aliphatic carbocycles. The van der Waals surface area contributed by atoms with Gasteiger partial charge in [0.1, 0.15) is 0 Å². The number of ketones is 1. The third-order valence-corrected chi connectivity index (χ3v) is 2.48. The highest BCUT2D eigenvalue weighted by molar-refractivity contribution is 6.38. The average Bonchev–Trinajstić information content (AvgIpc) is 2.96. The van der Waals surface area contributed by atoms with Gasteiger partial charge in [0.15, 0.2) is 0 Å². The van der Waals surface area contributed by atoms with Gasteiger partial charge < -0.3 is 0 Å². The first-order chi connectivity index (χ1) is 7.06. The maximum Gasteiger partial charge on any atom is 0.296 e. The zero-order valence-corrected chi connectivity index (χ0v) is 9.28. The number of nitrogens with zero attached hydrogens (tertiary/aromatic N) is 1. The van der Waals surface area contributed by atoms with Crippen molar-refractivity contribution in [3.05, 3.63) is 0 Å². The molecular weight excluding hydrogens is 194 g/mol. The number of carbonyl (C=O) groups is 3. The first kappa shape index (κ1) is 11.9. The van der Waals surface area contributed by atoms with Crippen LogP contribution >= 0.6 is 0 Å². The molecule has 0 aromatic rings. The van der Waals surface area contributed by atoms with Crippen molar-refractivity contribution in [3.8, 4) is 0 Å². The highest BCUT2D eigenvalue weighted by Gasteiger charge is 2.31. The van der Waals surface area contributed by atoms with Crippen molar-refractivity contribution in [1.82, 2.24) is 4.90 Å². The van der Waals surface area contributed by atoms with E-state index in [2.05, 4.69) is 0 Å². The maximum atomic E-state index is 11.6. The molecule has 2 amide bonds. The van der Waals surface area contributed by atoms with Crippen LogP contribution in [-0.4, -0.2) is 29.0 Å². The van der Waals surface area contributed by atoms with Gasteiger partial charge in [-0.15, -0.1) is 0 Å². The molecule has 0 radical (unpaired) electrons. The summed E-state index contributed by atoms with van der Waals surface area (Å²) in [6, 6.07) is 0. The molecule has 0 unspecified atom stereocenters. The van der Waals surface area contributed by atoms with E-state index in [9.17, 15) is 14.4 Å². The van der Waals surface area contributed by atoms with E-state index in [1.54, 1.807) is 0 Å².